The van der Waals surface area contributed by atoms with E-state index in [2.05, 4.69) is 10.6 Å². The molecule has 5 nitrogen and oxygen atoms in total. The lowest BCUT2D eigenvalue weighted by atomic mass is 10.0. The van der Waals surface area contributed by atoms with Gasteiger partial charge in [-0.1, -0.05) is 6.07 Å². The van der Waals surface area contributed by atoms with Gasteiger partial charge in [-0.3, -0.25) is 9.59 Å². The van der Waals surface area contributed by atoms with E-state index in [-0.39, 0.29) is 5.91 Å². The zero-order valence-electron chi connectivity index (χ0n) is 11.1. The Kier molecular flexibility index (Phi) is 3.74. The molecule has 1 aromatic rings. The third-order valence-corrected chi connectivity index (χ3v) is 3.58. The lowest BCUT2D eigenvalue weighted by Crippen LogP contribution is -2.40. The van der Waals surface area contributed by atoms with Crippen LogP contribution in [0.2, 0.25) is 0 Å². The fourth-order valence-electron chi connectivity index (χ4n) is 2.06. The first-order valence-corrected chi connectivity index (χ1v) is 6.39. The fourth-order valence-corrected chi connectivity index (χ4v) is 2.06. The highest BCUT2D eigenvalue weighted by molar-refractivity contribution is 5.96. The van der Waals surface area contributed by atoms with Gasteiger partial charge in [0.15, 0.2) is 0 Å². The molecule has 2 rings (SSSR count). The second kappa shape index (κ2) is 5.30. The second-order valence-electron chi connectivity index (χ2n) is 4.94. The number of benzene rings is 1. The first-order chi connectivity index (χ1) is 8.99. The number of amides is 1. The molecule has 19 heavy (non-hydrogen) atoms. The third-order valence-electron chi connectivity index (χ3n) is 3.58. The lowest BCUT2D eigenvalue weighted by Gasteiger charge is -2.18. The van der Waals surface area contributed by atoms with Gasteiger partial charge in [0.25, 0.3) is 5.91 Å². The molecule has 0 spiro atoms. The van der Waals surface area contributed by atoms with Crippen LogP contribution in [0.3, 0.4) is 0 Å². The maximum Gasteiger partial charge on any atom is 0.308 e. The van der Waals surface area contributed by atoms with Gasteiger partial charge in [-0.05, 0) is 38.0 Å². The summed E-state index contributed by atoms with van der Waals surface area (Å²) in [6.07, 6.45) is 0.976. The first kappa shape index (κ1) is 13.4. The van der Waals surface area contributed by atoms with E-state index in [0.717, 1.165) is 18.7 Å². The molecule has 0 saturated carbocycles. The van der Waals surface area contributed by atoms with Crippen molar-refractivity contribution in [3.8, 4) is 0 Å². The van der Waals surface area contributed by atoms with Gasteiger partial charge >= 0.3 is 5.97 Å². The molecule has 1 amide bonds. The van der Waals surface area contributed by atoms with E-state index in [1.54, 1.807) is 19.9 Å². The van der Waals surface area contributed by atoms with Crippen molar-refractivity contribution < 1.29 is 14.7 Å². The van der Waals surface area contributed by atoms with Gasteiger partial charge in [0, 0.05) is 23.8 Å². The van der Waals surface area contributed by atoms with Crippen molar-refractivity contribution in [2.24, 2.45) is 5.92 Å². The van der Waals surface area contributed by atoms with E-state index in [1.165, 1.54) is 5.56 Å². The number of nitrogens with one attached hydrogen (secondary N) is 2. The fraction of sp³-hybridized carbons (Fsp3) is 0.429. The van der Waals surface area contributed by atoms with Crippen LogP contribution in [0.1, 0.15) is 29.8 Å². The topological polar surface area (TPSA) is 78.4 Å². The maximum atomic E-state index is 12.1. The van der Waals surface area contributed by atoms with Crippen LogP contribution in [0.5, 0.6) is 0 Å². The van der Waals surface area contributed by atoms with Crippen molar-refractivity contribution in [1.82, 2.24) is 5.32 Å². The number of hydrogen-bond acceptors (Lipinski definition) is 3. The van der Waals surface area contributed by atoms with E-state index >= 15 is 0 Å². The zero-order chi connectivity index (χ0) is 14.0. The Morgan fingerprint density at radius 1 is 1.37 bits per heavy atom. The first-order valence-electron chi connectivity index (χ1n) is 6.39. The van der Waals surface area contributed by atoms with E-state index in [1.807, 2.05) is 12.1 Å². The van der Waals surface area contributed by atoms with Gasteiger partial charge in [-0.25, -0.2) is 0 Å². The molecule has 3 N–H and O–H groups in total. The minimum Gasteiger partial charge on any atom is -0.481 e. The standard InChI is InChI=1S/C14H18N2O3/c1-8(14(18)19)9(2)16-13(17)11-4-3-10-5-6-15-12(10)7-11/h3-4,7-9,15H,5-6H2,1-2H3,(H,16,17)(H,18,19). The monoisotopic (exact) mass is 262 g/mol. The molecule has 2 atom stereocenters. The Bertz CT molecular complexity index is 513. The van der Waals surface area contributed by atoms with Crippen LogP contribution in [0.4, 0.5) is 5.69 Å². The van der Waals surface area contributed by atoms with Gasteiger partial charge in [0.1, 0.15) is 0 Å². The Balaban J connectivity index is 2.06. The Labute approximate surface area is 112 Å². The van der Waals surface area contributed by atoms with Crippen LogP contribution in [-0.2, 0) is 11.2 Å². The van der Waals surface area contributed by atoms with Crippen molar-refractivity contribution in [2.75, 3.05) is 11.9 Å². The lowest BCUT2D eigenvalue weighted by molar-refractivity contribution is -0.141. The van der Waals surface area contributed by atoms with E-state index in [9.17, 15) is 9.59 Å². The smallest absolute Gasteiger partial charge is 0.308 e. The molecule has 1 heterocycles. The molecule has 0 bridgehead atoms. The molecule has 0 aromatic heterocycles. The minimum absolute atomic E-state index is 0.239. The van der Waals surface area contributed by atoms with Gasteiger partial charge in [0.2, 0.25) is 0 Å². The Morgan fingerprint density at radius 2 is 2.11 bits per heavy atom. The third kappa shape index (κ3) is 2.86. The highest BCUT2D eigenvalue weighted by Gasteiger charge is 2.22. The molecule has 0 radical (unpaired) electrons. The van der Waals surface area contributed by atoms with Crippen LogP contribution in [0.15, 0.2) is 18.2 Å². The highest BCUT2D eigenvalue weighted by atomic mass is 16.4. The number of fused-ring (bicyclic) bond motifs is 1. The summed E-state index contributed by atoms with van der Waals surface area (Å²) in [5, 5.41) is 14.8. The quantitative estimate of drug-likeness (QED) is 0.768. The summed E-state index contributed by atoms with van der Waals surface area (Å²) >= 11 is 0. The number of rotatable bonds is 4. The normalized spacial score (nSPS) is 16.1. The van der Waals surface area contributed by atoms with Crippen molar-refractivity contribution in [3.63, 3.8) is 0 Å². The SMILES string of the molecule is CC(NC(=O)c1ccc2c(c1)NCC2)C(C)C(=O)O. The average Bonchev–Trinajstić information content (AvgIpc) is 2.84. The number of carbonyl (C=O) groups excluding carboxylic acids is 1. The number of aliphatic carboxylic acids is 1. The summed E-state index contributed by atoms with van der Waals surface area (Å²) in [6, 6.07) is 5.12. The van der Waals surface area contributed by atoms with Gasteiger partial charge < -0.3 is 15.7 Å². The Morgan fingerprint density at radius 3 is 2.79 bits per heavy atom. The van der Waals surface area contributed by atoms with E-state index < -0.39 is 17.9 Å². The van der Waals surface area contributed by atoms with Crippen LogP contribution < -0.4 is 10.6 Å². The molecule has 1 aliphatic heterocycles. The predicted molar refractivity (Wildman–Crippen MR) is 72.4 cm³/mol. The van der Waals surface area contributed by atoms with E-state index in [4.69, 9.17) is 5.11 Å². The summed E-state index contributed by atoms with van der Waals surface area (Å²) in [5.41, 5.74) is 2.76. The molecular formula is C14H18N2O3. The molecule has 1 aliphatic rings. The predicted octanol–water partition coefficient (Wildman–Crippen LogP) is 1.49. The summed E-state index contributed by atoms with van der Waals surface area (Å²) in [7, 11) is 0. The number of hydrogen-bond donors (Lipinski definition) is 3. The van der Waals surface area contributed by atoms with Crippen LogP contribution in [0, 0.1) is 5.92 Å². The number of anilines is 1. The van der Waals surface area contributed by atoms with Crippen LogP contribution in [0.25, 0.3) is 0 Å². The summed E-state index contributed by atoms with van der Waals surface area (Å²) < 4.78 is 0. The average molecular weight is 262 g/mol. The molecule has 2 unspecified atom stereocenters. The van der Waals surface area contributed by atoms with Gasteiger partial charge in [-0.15, -0.1) is 0 Å². The summed E-state index contributed by atoms with van der Waals surface area (Å²) in [6.45, 7) is 4.17. The van der Waals surface area contributed by atoms with Gasteiger partial charge in [0.05, 0.1) is 5.92 Å². The molecule has 5 heteroatoms. The molecule has 102 valence electrons. The molecule has 0 aliphatic carbocycles. The Hall–Kier alpha value is -2.04. The largest absolute Gasteiger partial charge is 0.481 e. The number of carboxylic acids is 1. The maximum absolute atomic E-state index is 12.1. The molecule has 1 aromatic carbocycles. The highest BCUT2D eigenvalue weighted by Crippen LogP contribution is 2.23. The van der Waals surface area contributed by atoms with E-state index in [0.29, 0.717) is 5.56 Å². The molecule has 0 fully saturated rings. The minimum atomic E-state index is -0.913. The van der Waals surface area contributed by atoms with Crippen molar-refractivity contribution in [2.45, 2.75) is 26.3 Å². The van der Waals surface area contributed by atoms with Crippen molar-refractivity contribution in [3.05, 3.63) is 29.3 Å². The van der Waals surface area contributed by atoms with Crippen LogP contribution >= 0.6 is 0 Å². The molecular weight excluding hydrogens is 244 g/mol. The number of carbonyl (C=O) groups is 2. The summed E-state index contributed by atoms with van der Waals surface area (Å²) in [4.78, 5) is 22.9. The van der Waals surface area contributed by atoms with Gasteiger partial charge in [-0.2, -0.15) is 0 Å². The van der Waals surface area contributed by atoms with Crippen molar-refractivity contribution >= 4 is 17.6 Å². The second-order valence-corrected chi connectivity index (χ2v) is 4.94. The zero-order valence-corrected chi connectivity index (χ0v) is 11.1. The van der Waals surface area contributed by atoms with Crippen LogP contribution in [-0.4, -0.2) is 29.6 Å². The summed E-state index contributed by atoms with van der Waals surface area (Å²) in [5.74, 6) is -1.77. The number of carboxylic acid groups (broad SMARTS) is 1. The molecule has 0 saturated heterocycles. The van der Waals surface area contributed by atoms with Crippen molar-refractivity contribution in [1.29, 1.82) is 0 Å².